The van der Waals surface area contributed by atoms with Crippen LogP contribution in [0.25, 0.3) is 10.4 Å². The summed E-state index contributed by atoms with van der Waals surface area (Å²) >= 11 is 1.56. The number of nitrogens with zero attached hydrogens (tertiary/aromatic N) is 5. The van der Waals surface area contributed by atoms with Crippen LogP contribution in [0.3, 0.4) is 0 Å². The van der Waals surface area contributed by atoms with E-state index in [0.29, 0.717) is 12.8 Å². The number of hydrogen-bond donors (Lipinski definition) is 3. The Morgan fingerprint density at radius 1 is 1.15 bits per heavy atom. The fraction of sp³-hybridized carbons (Fsp3) is 0.481. The summed E-state index contributed by atoms with van der Waals surface area (Å²) in [5, 5.41) is 24.8. The Balaban J connectivity index is 1.66. The van der Waals surface area contributed by atoms with Gasteiger partial charge in [0.15, 0.2) is 0 Å². The Morgan fingerprint density at radius 2 is 1.92 bits per heavy atom. The van der Waals surface area contributed by atoms with Crippen LogP contribution in [0.1, 0.15) is 63.3 Å². The molecule has 3 atom stereocenters. The highest BCUT2D eigenvalue weighted by Gasteiger charge is 2.62. The highest BCUT2D eigenvalue weighted by Crippen LogP contribution is 2.38. The summed E-state index contributed by atoms with van der Waals surface area (Å²) in [6.07, 6.45) is 4.08. The third-order valence-corrected chi connectivity index (χ3v) is 7.90. The quantitative estimate of drug-likeness (QED) is 0.331. The van der Waals surface area contributed by atoms with Crippen molar-refractivity contribution in [2.24, 2.45) is 0 Å². The van der Waals surface area contributed by atoms with Gasteiger partial charge < -0.3 is 20.6 Å². The van der Waals surface area contributed by atoms with Gasteiger partial charge in [-0.1, -0.05) is 49.7 Å². The molecule has 0 aliphatic carbocycles. The average molecular weight is 554 g/mol. The van der Waals surface area contributed by atoms with E-state index in [0.717, 1.165) is 28.1 Å². The Morgan fingerprint density at radius 3 is 2.54 bits per heavy atom. The number of carbonyl (C=O) groups is 3. The van der Waals surface area contributed by atoms with E-state index in [1.807, 2.05) is 45.0 Å². The van der Waals surface area contributed by atoms with E-state index in [4.69, 9.17) is 0 Å². The summed E-state index contributed by atoms with van der Waals surface area (Å²) < 4.78 is 1.34. The van der Waals surface area contributed by atoms with Crippen LogP contribution in [0, 0.1) is 6.92 Å². The molecule has 11 nitrogen and oxygen atoms in total. The van der Waals surface area contributed by atoms with Gasteiger partial charge in [-0.2, -0.15) is 0 Å². The van der Waals surface area contributed by atoms with Crippen molar-refractivity contribution in [1.82, 2.24) is 35.5 Å². The first-order valence-electron chi connectivity index (χ1n) is 13.2. The number of likely N-dealkylation sites (tertiary alicyclic amines) is 1. The first-order chi connectivity index (χ1) is 18.8. The topological polar surface area (TPSA) is 142 Å². The summed E-state index contributed by atoms with van der Waals surface area (Å²) in [7, 11) is 0. The maximum atomic E-state index is 14.1. The molecule has 0 saturated carbocycles. The van der Waals surface area contributed by atoms with Gasteiger partial charge in [0.25, 0.3) is 5.91 Å². The SMILES string of the molecule is CCCCC(=O)NC1(C(=O)NCc2ccc(-c3scnc3C)cc2)C(n2ccnn2)C(O)CN1C(=O)CCC. The summed E-state index contributed by atoms with van der Waals surface area (Å²) in [6, 6.07) is 6.71. The van der Waals surface area contributed by atoms with Crippen LogP contribution in [0.2, 0.25) is 0 Å². The molecule has 0 spiro atoms. The third kappa shape index (κ3) is 5.86. The summed E-state index contributed by atoms with van der Waals surface area (Å²) in [6.45, 7) is 5.81. The number of unbranched alkanes of at least 4 members (excludes halogenated alkanes) is 1. The van der Waals surface area contributed by atoms with Gasteiger partial charge in [-0.25, -0.2) is 9.67 Å². The highest BCUT2D eigenvalue weighted by molar-refractivity contribution is 7.13. The van der Waals surface area contributed by atoms with Crippen LogP contribution in [0.4, 0.5) is 0 Å². The Kier molecular flexibility index (Phi) is 9.08. The van der Waals surface area contributed by atoms with Crippen molar-refractivity contribution in [2.45, 2.75) is 77.2 Å². The second kappa shape index (κ2) is 12.5. The van der Waals surface area contributed by atoms with Crippen LogP contribution in [0.5, 0.6) is 0 Å². The molecule has 1 saturated heterocycles. The molecule has 2 aromatic heterocycles. The number of nitrogens with one attached hydrogen (secondary N) is 2. The van der Waals surface area contributed by atoms with Crippen molar-refractivity contribution >= 4 is 29.1 Å². The molecule has 1 aromatic carbocycles. The van der Waals surface area contributed by atoms with Crippen molar-refractivity contribution in [3.63, 3.8) is 0 Å². The lowest BCUT2D eigenvalue weighted by Gasteiger charge is -2.41. The monoisotopic (exact) mass is 553 g/mol. The second-order valence-electron chi connectivity index (χ2n) is 9.71. The molecule has 1 fully saturated rings. The molecular weight excluding hydrogens is 518 g/mol. The predicted octanol–water partition coefficient (Wildman–Crippen LogP) is 2.57. The van der Waals surface area contributed by atoms with Crippen LogP contribution in [-0.2, 0) is 20.9 Å². The van der Waals surface area contributed by atoms with Crippen LogP contribution in [-0.4, -0.2) is 66.0 Å². The largest absolute Gasteiger partial charge is 0.389 e. The molecule has 4 rings (SSSR count). The van der Waals surface area contributed by atoms with E-state index < -0.39 is 23.7 Å². The summed E-state index contributed by atoms with van der Waals surface area (Å²) in [5.74, 6) is -1.32. The second-order valence-corrected chi connectivity index (χ2v) is 10.6. The minimum absolute atomic E-state index is 0.131. The molecule has 3 heterocycles. The molecule has 3 N–H and O–H groups in total. The minimum atomic E-state index is -1.89. The normalized spacial score (nSPS) is 20.7. The zero-order chi connectivity index (χ0) is 28.0. The van der Waals surface area contributed by atoms with Crippen LogP contribution < -0.4 is 10.6 Å². The van der Waals surface area contributed by atoms with Gasteiger partial charge in [-0.05, 0) is 30.9 Å². The number of amides is 3. The number of aromatic nitrogens is 4. The smallest absolute Gasteiger partial charge is 0.269 e. The van der Waals surface area contributed by atoms with Crippen LogP contribution in [0.15, 0.2) is 42.2 Å². The number of rotatable bonds is 11. The summed E-state index contributed by atoms with van der Waals surface area (Å²) in [4.78, 5) is 47.2. The molecule has 3 amide bonds. The van der Waals surface area contributed by atoms with E-state index >= 15 is 0 Å². The van der Waals surface area contributed by atoms with Crippen molar-refractivity contribution in [3.8, 4) is 10.4 Å². The zero-order valence-corrected chi connectivity index (χ0v) is 23.3. The highest BCUT2D eigenvalue weighted by atomic mass is 32.1. The minimum Gasteiger partial charge on any atom is -0.389 e. The molecule has 1 aliphatic heterocycles. The maximum Gasteiger partial charge on any atom is 0.269 e. The number of aliphatic hydroxyl groups excluding tert-OH is 1. The lowest BCUT2D eigenvalue weighted by molar-refractivity contribution is -0.152. The molecule has 12 heteroatoms. The van der Waals surface area contributed by atoms with Crippen molar-refractivity contribution in [3.05, 3.63) is 53.4 Å². The molecule has 0 bridgehead atoms. The molecule has 208 valence electrons. The molecule has 1 aliphatic rings. The lowest BCUT2D eigenvalue weighted by atomic mass is 9.96. The summed E-state index contributed by atoms with van der Waals surface area (Å²) in [5.41, 5.74) is 2.75. The third-order valence-electron chi connectivity index (χ3n) is 6.93. The number of thiazole rings is 1. The van der Waals surface area contributed by atoms with Gasteiger partial charge in [-0.15, -0.1) is 16.4 Å². The molecule has 3 unspecified atom stereocenters. The number of carbonyl (C=O) groups excluding carboxylic acids is 3. The lowest BCUT2D eigenvalue weighted by Crippen LogP contribution is -2.70. The van der Waals surface area contributed by atoms with Crippen molar-refractivity contribution < 1.29 is 19.5 Å². The fourth-order valence-electron chi connectivity index (χ4n) is 4.99. The van der Waals surface area contributed by atoms with Crippen LogP contribution >= 0.6 is 11.3 Å². The van der Waals surface area contributed by atoms with Gasteiger partial charge in [0.05, 0.1) is 34.9 Å². The van der Waals surface area contributed by atoms with Gasteiger partial charge in [0.1, 0.15) is 6.04 Å². The number of aryl methyl sites for hydroxylation is 1. The number of aliphatic hydroxyl groups is 1. The number of hydrogen-bond acceptors (Lipinski definition) is 8. The van der Waals surface area contributed by atoms with Crippen molar-refractivity contribution in [1.29, 1.82) is 0 Å². The molecule has 0 radical (unpaired) electrons. The van der Waals surface area contributed by atoms with Gasteiger partial charge in [0, 0.05) is 25.6 Å². The van der Waals surface area contributed by atoms with E-state index in [9.17, 15) is 19.5 Å². The van der Waals surface area contributed by atoms with E-state index in [1.165, 1.54) is 22.0 Å². The maximum absolute atomic E-state index is 14.1. The number of β-amino-alcohol motifs (C(OH)–C–C–N with tert-alkyl or cyclic N) is 1. The first kappa shape index (κ1) is 28.4. The average Bonchev–Trinajstić information content (AvgIpc) is 3.66. The van der Waals surface area contributed by atoms with Crippen molar-refractivity contribution in [2.75, 3.05) is 6.54 Å². The Hall–Kier alpha value is -3.64. The molecule has 39 heavy (non-hydrogen) atoms. The van der Waals surface area contributed by atoms with E-state index in [-0.39, 0.29) is 37.7 Å². The standard InChI is InChI=1S/C27H35N7O4S/c1-4-6-8-22(36)31-27(25(34-14-13-30-32-34)21(35)16-33(27)23(37)7-5-2)26(38)28-15-19-9-11-20(12-10-19)24-18(3)29-17-39-24/h9-14,17,21,25,35H,4-8,15-16H2,1-3H3,(H,28,38)(H,31,36). The Bertz CT molecular complexity index is 1280. The van der Waals surface area contributed by atoms with Gasteiger partial charge in [0.2, 0.25) is 17.5 Å². The van der Waals surface area contributed by atoms with E-state index in [2.05, 4.69) is 25.9 Å². The molecule has 3 aromatic rings. The zero-order valence-electron chi connectivity index (χ0n) is 22.5. The van der Waals surface area contributed by atoms with E-state index in [1.54, 1.807) is 16.8 Å². The number of benzene rings is 1. The first-order valence-corrected chi connectivity index (χ1v) is 14.1. The Labute approximate surface area is 231 Å². The fourth-order valence-corrected chi connectivity index (χ4v) is 5.80. The predicted molar refractivity (Wildman–Crippen MR) is 146 cm³/mol. The molecular formula is C27H35N7O4S. The van der Waals surface area contributed by atoms with Gasteiger partial charge >= 0.3 is 0 Å². The van der Waals surface area contributed by atoms with Gasteiger partial charge in [-0.3, -0.25) is 14.4 Å².